The predicted octanol–water partition coefficient (Wildman–Crippen LogP) is 4.24. The number of thiazole rings is 1. The molecule has 1 heterocycles. The Bertz CT molecular complexity index is 763. The number of aromatic nitrogens is 1. The van der Waals surface area contributed by atoms with E-state index in [-0.39, 0.29) is 36.3 Å². The van der Waals surface area contributed by atoms with Gasteiger partial charge in [-0.15, -0.1) is 23.7 Å². The maximum Gasteiger partial charge on any atom is 0.223 e. The van der Waals surface area contributed by atoms with Crippen molar-refractivity contribution in [2.75, 3.05) is 7.11 Å². The SMILES string of the molecule is COc1ccc(-c2nc(C)c(C(C)NC(=O)C3CCCC(N)C3)s2)cc1.Cl. The van der Waals surface area contributed by atoms with E-state index in [1.54, 1.807) is 18.4 Å². The summed E-state index contributed by atoms with van der Waals surface area (Å²) in [5.41, 5.74) is 8.04. The van der Waals surface area contributed by atoms with E-state index in [4.69, 9.17) is 15.5 Å². The van der Waals surface area contributed by atoms with E-state index in [0.29, 0.717) is 0 Å². The highest BCUT2D eigenvalue weighted by Gasteiger charge is 2.27. The summed E-state index contributed by atoms with van der Waals surface area (Å²) in [7, 11) is 1.66. The van der Waals surface area contributed by atoms with Crippen LogP contribution in [0.25, 0.3) is 10.6 Å². The average Bonchev–Trinajstić information content (AvgIpc) is 3.03. The molecule has 1 fully saturated rings. The standard InChI is InChI=1S/C20H27N3O2S.ClH/c1-12(22-19(24)15-5-4-6-16(21)11-15)18-13(2)23-20(26-18)14-7-9-17(25-3)10-8-14;/h7-10,12,15-16H,4-6,11,21H2,1-3H3,(H,22,24);1H. The molecule has 3 atom stereocenters. The molecule has 0 radical (unpaired) electrons. The predicted molar refractivity (Wildman–Crippen MR) is 113 cm³/mol. The van der Waals surface area contributed by atoms with Gasteiger partial charge in [0.25, 0.3) is 0 Å². The summed E-state index contributed by atoms with van der Waals surface area (Å²) in [6.45, 7) is 4.02. The van der Waals surface area contributed by atoms with E-state index >= 15 is 0 Å². The van der Waals surface area contributed by atoms with Crippen molar-refractivity contribution in [1.82, 2.24) is 10.3 Å². The van der Waals surface area contributed by atoms with E-state index in [1.165, 1.54) is 0 Å². The lowest BCUT2D eigenvalue weighted by molar-refractivity contribution is -0.126. The minimum absolute atomic E-state index is 0. The van der Waals surface area contributed by atoms with Crippen molar-refractivity contribution < 1.29 is 9.53 Å². The first-order valence-electron chi connectivity index (χ1n) is 9.15. The smallest absolute Gasteiger partial charge is 0.223 e. The third-order valence-corrected chi connectivity index (χ3v) is 6.40. The molecule has 1 amide bonds. The number of hydrogen-bond donors (Lipinski definition) is 2. The van der Waals surface area contributed by atoms with Crippen LogP contribution in [0.4, 0.5) is 0 Å². The van der Waals surface area contributed by atoms with Crippen molar-refractivity contribution in [1.29, 1.82) is 0 Å². The van der Waals surface area contributed by atoms with Gasteiger partial charge >= 0.3 is 0 Å². The Balaban J connectivity index is 0.00000261. The molecule has 0 bridgehead atoms. The zero-order valence-electron chi connectivity index (χ0n) is 16.0. The lowest BCUT2D eigenvalue weighted by Gasteiger charge is -2.27. The summed E-state index contributed by atoms with van der Waals surface area (Å²) in [5.74, 6) is 0.982. The van der Waals surface area contributed by atoms with Crippen LogP contribution < -0.4 is 15.8 Å². The van der Waals surface area contributed by atoms with E-state index in [0.717, 1.165) is 52.6 Å². The molecule has 2 aromatic rings. The number of aryl methyl sites for hydroxylation is 1. The Kier molecular flexibility index (Phi) is 7.65. The van der Waals surface area contributed by atoms with Gasteiger partial charge in [-0.05, 0) is 57.4 Å². The van der Waals surface area contributed by atoms with Gasteiger partial charge < -0.3 is 15.8 Å². The summed E-state index contributed by atoms with van der Waals surface area (Å²) in [5, 5.41) is 4.13. The molecule has 0 spiro atoms. The van der Waals surface area contributed by atoms with Gasteiger partial charge in [-0.2, -0.15) is 0 Å². The largest absolute Gasteiger partial charge is 0.497 e. The molecule has 1 aliphatic carbocycles. The fourth-order valence-electron chi connectivity index (χ4n) is 3.53. The van der Waals surface area contributed by atoms with Crippen LogP contribution in [-0.4, -0.2) is 24.0 Å². The number of benzene rings is 1. The molecule has 5 nitrogen and oxygen atoms in total. The second-order valence-electron chi connectivity index (χ2n) is 7.05. The lowest BCUT2D eigenvalue weighted by atomic mass is 9.85. The number of ether oxygens (including phenoxy) is 1. The minimum Gasteiger partial charge on any atom is -0.497 e. The van der Waals surface area contributed by atoms with Gasteiger partial charge in [0.15, 0.2) is 0 Å². The number of amides is 1. The summed E-state index contributed by atoms with van der Waals surface area (Å²) >= 11 is 1.63. The molecule has 3 unspecified atom stereocenters. The molecule has 1 aromatic carbocycles. The number of nitrogens with zero attached hydrogens (tertiary/aromatic N) is 1. The Morgan fingerprint density at radius 3 is 2.67 bits per heavy atom. The van der Waals surface area contributed by atoms with Gasteiger partial charge in [-0.25, -0.2) is 4.98 Å². The van der Waals surface area contributed by atoms with Gasteiger partial charge in [0, 0.05) is 17.5 Å². The van der Waals surface area contributed by atoms with Crippen LogP contribution in [0.3, 0.4) is 0 Å². The summed E-state index contributed by atoms with van der Waals surface area (Å²) in [6, 6.07) is 7.99. The van der Waals surface area contributed by atoms with Crippen molar-refractivity contribution in [3.63, 3.8) is 0 Å². The minimum atomic E-state index is -0.0508. The Labute approximate surface area is 171 Å². The number of halogens is 1. The molecule has 0 saturated heterocycles. The molecule has 1 aromatic heterocycles. The lowest BCUT2D eigenvalue weighted by Crippen LogP contribution is -2.38. The van der Waals surface area contributed by atoms with Gasteiger partial charge in [0.05, 0.1) is 23.7 Å². The second-order valence-corrected chi connectivity index (χ2v) is 8.08. The molecule has 27 heavy (non-hydrogen) atoms. The van der Waals surface area contributed by atoms with Gasteiger partial charge in [0.1, 0.15) is 10.8 Å². The summed E-state index contributed by atoms with van der Waals surface area (Å²) < 4.78 is 5.21. The van der Waals surface area contributed by atoms with Crippen LogP contribution in [0.1, 0.15) is 49.2 Å². The maximum absolute atomic E-state index is 12.6. The Morgan fingerprint density at radius 2 is 2.04 bits per heavy atom. The van der Waals surface area contributed by atoms with Crippen LogP contribution in [-0.2, 0) is 4.79 Å². The number of nitrogens with two attached hydrogens (primary N) is 1. The Hall–Kier alpha value is -1.63. The third-order valence-electron chi connectivity index (χ3n) is 5.01. The summed E-state index contributed by atoms with van der Waals surface area (Å²) in [6.07, 6.45) is 3.79. The van der Waals surface area contributed by atoms with Crippen LogP contribution in [0.2, 0.25) is 0 Å². The number of methoxy groups -OCH3 is 1. The first-order valence-corrected chi connectivity index (χ1v) is 9.97. The monoisotopic (exact) mass is 409 g/mol. The van der Waals surface area contributed by atoms with Gasteiger partial charge in [0.2, 0.25) is 5.91 Å². The fourth-order valence-corrected chi connectivity index (χ4v) is 4.60. The number of nitrogens with one attached hydrogen (secondary N) is 1. The molecule has 0 aliphatic heterocycles. The average molecular weight is 410 g/mol. The highest BCUT2D eigenvalue weighted by Crippen LogP contribution is 2.33. The normalized spacial score (nSPS) is 20.4. The van der Waals surface area contributed by atoms with Crippen molar-refractivity contribution in [2.24, 2.45) is 11.7 Å². The topological polar surface area (TPSA) is 77.2 Å². The molecule has 3 rings (SSSR count). The number of rotatable bonds is 5. The van der Waals surface area contributed by atoms with Crippen molar-refractivity contribution in [3.8, 4) is 16.3 Å². The molecule has 148 valence electrons. The van der Waals surface area contributed by atoms with Gasteiger partial charge in [-0.1, -0.05) is 6.42 Å². The third kappa shape index (κ3) is 5.21. The maximum atomic E-state index is 12.6. The summed E-state index contributed by atoms with van der Waals surface area (Å²) in [4.78, 5) is 18.4. The first-order chi connectivity index (χ1) is 12.5. The number of carbonyl (C=O) groups is 1. The number of hydrogen-bond acceptors (Lipinski definition) is 5. The molecule has 7 heteroatoms. The van der Waals surface area contributed by atoms with E-state index in [2.05, 4.69) is 5.32 Å². The zero-order valence-corrected chi connectivity index (χ0v) is 17.7. The highest BCUT2D eigenvalue weighted by molar-refractivity contribution is 7.15. The van der Waals surface area contributed by atoms with Crippen molar-refractivity contribution in [3.05, 3.63) is 34.8 Å². The fraction of sp³-hybridized carbons (Fsp3) is 0.500. The van der Waals surface area contributed by atoms with Crippen LogP contribution >= 0.6 is 23.7 Å². The molecular weight excluding hydrogens is 382 g/mol. The zero-order chi connectivity index (χ0) is 18.7. The Morgan fingerprint density at radius 1 is 1.33 bits per heavy atom. The number of carbonyl (C=O) groups excluding carboxylic acids is 1. The van der Waals surface area contributed by atoms with Crippen LogP contribution in [0.15, 0.2) is 24.3 Å². The molecule has 1 aliphatic rings. The molecule has 3 N–H and O–H groups in total. The van der Waals surface area contributed by atoms with E-state index in [1.807, 2.05) is 38.1 Å². The van der Waals surface area contributed by atoms with Crippen molar-refractivity contribution in [2.45, 2.75) is 51.6 Å². The molecular formula is C20H28ClN3O2S. The van der Waals surface area contributed by atoms with Crippen molar-refractivity contribution >= 4 is 29.7 Å². The van der Waals surface area contributed by atoms with E-state index < -0.39 is 0 Å². The van der Waals surface area contributed by atoms with Gasteiger partial charge in [-0.3, -0.25) is 4.79 Å². The highest BCUT2D eigenvalue weighted by atomic mass is 35.5. The second kappa shape index (κ2) is 9.53. The van der Waals surface area contributed by atoms with E-state index in [9.17, 15) is 4.79 Å². The first kappa shape index (κ1) is 21.7. The quantitative estimate of drug-likeness (QED) is 0.774. The van der Waals surface area contributed by atoms with Crippen LogP contribution in [0.5, 0.6) is 5.75 Å². The molecule has 1 saturated carbocycles. The van der Waals surface area contributed by atoms with Crippen LogP contribution in [0, 0.1) is 12.8 Å².